The van der Waals surface area contributed by atoms with Gasteiger partial charge in [-0.15, -0.1) is 0 Å². The summed E-state index contributed by atoms with van der Waals surface area (Å²) in [5.74, 6) is 0.526. The van der Waals surface area contributed by atoms with Crippen LogP contribution in [0.25, 0.3) is 0 Å². The molecule has 0 saturated carbocycles. The zero-order chi connectivity index (χ0) is 9.40. The van der Waals surface area contributed by atoms with Crippen molar-refractivity contribution in [2.24, 2.45) is 5.92 Å². The highest BCUT2D eigenvalue weighted by atomic mass is 16.3. The minimum absolute atomic E-state index is 0.274. The average Bonchev–Trinajstić information content (AvgIpc) is 1.97. The van der Waals surface area contributed by atoms with Gasteiger partial charge in [0, 0.05) is 19.5 Å². The first-order valence-electron chi connectivity index (χ1n) is 4.42. The van der Waals surface area contributed by atoms with Crippen LogP contribution in [0.1, 0.15) is 26.7 Å². The number of aliphatic hydroxyl groups excluding tert-OH is 1. The molecular weight excluding hydrogens is 152 g/mol. The molecule has 0 rings (SSSR count). The van der Waals surface area contributed by atoms with Crippen molar-refractivity contribution in [1.82, 2.24) is 5.32 Å². The predicted molar refractivity (Wildman–Crippen MR) is 48.6 cm³/mol. The van der Waals surface area contributed by atoms with Gasteiger partial charge in [-0.1, -0.05) is 13.8 Å². The molecule has 0 aromatic heterocycles. The second-order valence-electron chi connectivity index (χ2n) is 3.40. The van der Waals surface area contributed by atoms with Crippen LogP contribution in [0, 0.1) is 17.2 Å². The molecule has 0 aliphatic carbocycles. The van der Waals surface area contributed by atoms with Gasteiger partial charge in [0.1, 0.15) is 0 Å². The molecular formula is C9H18N2O. The third-order valence-electron chi connectivity index (χ3n) is 1.54. The molecule has 0 saturated heterocycles. The van der Waals surface area contributed by atoms with Crippen molar-refractivity contribution >= 4 is 0 Å². The highest BCUT2D eigenvalue weighted by molar-refractivity contribution is 4.71. The fourth-order valence-electron chi connectivity index (χ4n) is 1.04. The van der Waals surface area contributed by atoms with Gasteiger partial charge < -0.3 is 10.4 Å². The normalized spacial score (nSPS) is 12.9. The smallest absolute Gasteiger partial charge is 0.0667 e. The molecule has 0 radical (unpaired) electrons. The fourth-order valence-corrected chi connectivity index (χ4v) is 1.04. The van der Waals surface area contributed by atoms with E-state index >= 15 is 0 Å². The summed E-state index contributed by atoms with van der Waals surface area (Å²) in [4.78, 5) is 0. The van der Waals surface area contributed by atoms with Gasteiger partial charge in [0.25, 0.3) is 0 Å². The number of nitrogens with one attached hydrogen (secondary N) is 1. The molecule has 0 aliphatic rings. The molecule has 2 N–H and O–H groups in total. The van der Waals surface area contributed by atoms with Crippen LogP contribution in [0.4, 0.5) is 0 Å². The van der Waals surface area contributed by atoms with Crippen molar-refractivity contribution in [2.75, 3.05) is 13.1 Å². The summed E-state index contributed by atoms with van der Waals surface area (Å²) in [6.45, 7) is 5.43. The number of rotatable bonds is 6. The van der Waals surface area contributed by atoms with Gasteiger partial charge in [-0.05, 0) is 12.3 Å². The van der Waals surface area contributed by atoms with Gasteiger partial charge in [0.15, 0.2) is 0 Å². The largest absolute Gasteiger partial charge is 0.392 e. The zero-order valence-corrected chi connectivity index (χ0v) is 7.88. The first-order valence-corrected chi connectivity index (χ1v) is 4.42. The Balaban J connectivity index is 3.20. The Morgan fingerprint density at radius 2 is 2.17 bits per heavy atom. The number of aliphatic hydroxyl groups is 1. The molecule has 1 unspecified atom stereocenters. The van der Waals surface area contributed by atoms with E-state index in [0.717, 1.165) is 6.42 Å². The molecule has 0 amide bonds. The SMILES string of the molecule is CC(C)CC(O)CNCCC#N. The van der Waals surface area contributed by atoms with E-state index in [4.69, 9.17) is 5.26 Å². The molecule has 0 fully saturated rings. The van der Waals surface area contributed by atoms with E-state index in [0.29, 0.717) is 25.4 Å². The van der Waals surface area contributed by atoms with Crippen LogP contribution in [-0.4, -0.2) is 24.3 Å². The van der Waals surface area contributed by atoms with Crippen molar-refractivity contribution < 1.29 is 5.11 Å². The first kappa shape index (κ1) is 11.4. The van der Waals surface area contributed by atoms with E-state index in [9.17, 15) is 5.11 Å². The lowest BCUT2D eigenvalue weighted by molar-refractivity contribution is 0.147. The monoisotopic (exact) mass is 170 g/mol. The number of hydrogen-bond donors (Lipinski definition) is 2. The number of nitrogens with zero attached hydrogens (tertiary/aromatic N) is 1. The predicted octanol–water partition coefficient (Wildman–Crippen LogP) is 0.897. The summed E-state index contributed by atoms with van der Waals surface area (Å²) in [5.41, 5.74) is 0. The van der Waals surface area contributed by atoms with Crippen molar-refractivity contribution in [3.05, 3.63) is 0 Å². The van der Waals surface area contributed by atoms with Crippen molar-refractivity contribution in [2.45, 2.75) is 32.8 Å². The quantitative estimate of drug-likeness (QED) is 0.582. The van der Waals surface area contributed by atoms with Gasteiger partial charge >= 0.3 is 0 Å². The molecule has 0 aromatic rings. The summed E-state index contributed by atoms with van der Waals surface area (Å²) in [5, 5.41) is 20.6. The van der Waals surface area contributed by atoms with E-state index < -0.39 is 0 Å². The van der Waals surface area contributed by atoms with E-state index in [2.05, 4.69) is 19.2 Å². The van der Waals surface area contributed by atoms with Gasteiger partial charge in [-0.25, -0.2) is 0 Å². The summed E-state index contributed by atoms with van der Waals surface area (Å²) < 4.78 is 0. The van der Waals surface area contributed by atoms with E-state index in [1.807, 2.05) is 6.07 Å². The Hall–Kier alpha value is -0.590. The summed E-state index contributed by atoms with van der Waals surface area (Å²) in [7, 11) is 0. The standard InChI is InChI=1S/C9H18N2O/c1-8(2)6-9(12)7-11-5-3-4-10/h8-9,11-12H,3,5-7H2,1-2H3. The van der Waals surface area contributed by atoms with Crippen molar-refractivity contribution in [1.29, 1.82) is 5.26 Å². The third-order valence-corrected chi connectivity index (χ3v) is 1.54. The molecule has 0 aliphatic heterocycles. The number of nitriles is 1. The van der Waals surface area contributed by atoms with Crippen LogP contribution in [0.5, 0.6) is 0 Å². The Labute approximate surface area is 74.4 Å². The maximum Gasteiger partial charge on any atom is 0.0667 e. The molecule has 70 valence electrons. The molecule has 3 heteroatoms. The third kappa shape index (κ3) is 7.52. The van der Waals surface area contributed by atoms with Crippen LogP contribution < -0.4 is 5.32 Å². The topological polar surface area (TPSA) is 56.0 Å². The average molecular weight is 170 g/mol. The molecule has 1 atom stereocenters. The number of hydrogen-bond acceptors (Lipinski definition) is 3. The maximum absolute atomic E-state index is 9.37. The van der Waals surface area contributed by atoms with Crippen LogP contribution >= 0.6 is 0 Å². The van der Waals surface area contributed by atoms with Gasteiger partial charge in [0.05, 0.1) is 12.2 Å². The lowest BCUT2D eigenvalue weighted by Crippen LogP contribution is -2.28. The lowest BCUT2D eigenvalue weighted by atomic mass is 10.1. The Kier molecular flexibility index (Phi) is 6.73. The van der Waals surface area contributed by atoms with Gasteiger partial charge in [0.2, 0.25) is 0 Å². The minimum Gasteiger partial charge on any atom is -0.392 e. The molecule has 0 aromatic carbocycles. The van der Waals surface area contributed by atoms with Crippen LogP contribution in [0.3, 0.4) is 0 Å². The molecule has 0 spiro atoms. The highest BCUT2D eigenvalue weighted by Gasteiger charge is 2.05. The minimum atomic E-state index is -0.274. The highest BCUT2D eigenvalue weighted by Crippen LogP contribution is 2.02. The second kappa shape index (κ2) is 7.08. The van der Waals surface area contributed by atoms with Crippen LogP contribution in [-0.2, 0) is 0 Å². The molecule has 0 bridgehead atoms. The Bertz CT molecular complexity index is 140. The van der Waals surface area contributed by atoms with Crippen molar-refractivity contribution in [3.63, 3.8) is 0 Å². The zero-order valence-electron chi connectivity index (χ0n) is 7.88. The maximum atomic E-state index is 9.37. The summed E-state index contributed by atoms with van der Waals surface area (Å²) >= 11 is 0. The van der Waals surface area contributed by atoms with Crippen LogP contribution in [0.15, 0.2) is 0 Å². The van der Waals surface area contributed by atoms with Gasteiger partial charge in [-0.2, -0.15) is 5.26 Å². The lowest BCUT2D eigenvalue weighted by Gasteiger charge is -2.12. The summed E-state index contributed by atoms with van der Waals surface area (Å²) in [6, 6.07) is 2.04. The summed E-state index contributed by atoms with van der Waals surface area (Å²) in [6.07, 6.45) is 1.05. The van der Waals surface area contributed by atoms with Gasteiger partial charge in [-0.3, -0.25) is 0 Å². The van der Waals surface area contributed by atoms with E-state index in [-0.39, 0.29) is 6.10 Å². The molecule has 12 heavy (non-hydrogen) atoms. The second-order valence-corrected chi connectivity index (χ2v) is 3.40. The van der Waals surface area contributed by atoms with Crippen molar-refractivity contribution in [3.8, 4) is 6.07 Å². The Morgan fingerprint density at radius 1 is 1.50 bits per heavy atom. The Morgan fingerprint density at radius 3 is 2.67 bits per heavy atom. The van der Waals surface area contributed by atoms with E-state index in [1.54, 1.807) is 0 Å². The van der Waals surface area contributed by atoms with E-state index in [1.165, 1.54) is 0 Å². The fraction of sp³-hybridized carbons (Fsp3) is 0.889. The molecule has 0 heterocycles. The molecule has 3 nitrogen and oxygen atoms in total. The van der Waals surface area contributed by atoms with Crippen LogP contribution in [0.2, 0.25) is 0 Å². The first-order chi connectivity index (χ1) is 5.66.